The molecule has 1 amide bonds. The molecule has 0 unspecified atom stereocenters. The molecule has 33 heavy (non-hydrogen) atoms. The molecule has 1 saturated heterocycles. The van der Waals surface area contributed by atoms with Crippen molar-refractivity contribution in [1.29, 1.82) is 0 Å². The van der Waals surface area contributed by atoms with E-state index in [4.69, 9.17) is 21.1 Å². The molecule has 1 aliphatic rings. The van der Waals surface area contributed by atoms with E-state index < -0.39 is 22.0 Å². The van der Waals surface area contributed by atoms with Crippen LogP contribution in [0.5, 0.6) is 5.75 Å². The molecular formula is C23H30ClN3O5S. The van der Waals surface area contributed by atoms with Crippen molar-refractivity contribution in [2.75, 3.05) is 44.0 Å². The Kier molecular flexibility index (Phi) is 8.58. The Morgan fingerprint density at radius 1 is 1.21 bits per heavy atom. The second-order valence-electron chi connectivity index (χ2n) is 7.98. The third kappa shape index (κ3) is 6.83. The molecule has 2 aromatic rings. The van der Waals surface area contributed by atoms with Crippen LogP contribution in [0.3, 0.4) is 0 Å². The van der Waals surface area contributed by atoms with Gasteiger partial charge in [-0.2, -0.15) is 0 Å². The first-order chi connectivity index (χ1) is 15.7. The van der Waals surface area contributed by atoms with E-state index in [-0.39, 0.29) is 5.02 Å². The number of carbonyl (C=O) groups is 1. The number of nitrogens with one attached hydrogen (secondary N) is 1. The highest BCUT2D eigenvalue weighted by molar-refractivity contribution is 7.92. The van der Waals surface area contributed by atoms with Crippen LogP contribution in [0.15, 0.2) is 42.5 Å². The molecule has 2 aromatic carbocycles. The standard InChI is InChI=1S/C23H30ClN3O5S/c1-17(27(33(3,29)30)20-7-8-22(31-2)21(24)14-20)23(28)25-15-18-5-4-6-19(13-18)16-26-9-11-32-12-10-26/h4-8,13-14,17H,9-12,15-16H2,1-3H3,(H,25,28)/t17-/m0/s1. The molecule has 1 aliphatic heterocycles. The molecule has 0 radical (unpaired) electrons. The summed E-state index contributed by atoms with van der Waals surface area (Å²) in [6.07, 6.45) is 1.06. The van der Waals surface area contributed by atoms with Gasteiger partial charge in [0.25, 0.3) is 0 Å². The van der Waals surface area contributed by atoms with E-state index in [0.29, 0.717) is 18.0 Å². The van der Waals surface area contributed by atoms with Gasteiger partial charge in [-0.25, -0.2) is 8.42 Å². The maximum Gasteiger partial charge on any atom is 0.243 e. The number of sulfonamides is 1. The number of morpholine rings is 1. The van der Waals surface area contributed by atoms with Crippen molar-refractivity contribution in [2.24, 2.45) is 0 Å². The monoisotopic (exact) mass is 495 g/mol. The van der Waals surface area contributed by atoms with Crippen molar-refractivity contribution in [2.45, 2.75) is 26.1 Å². The summed E-state index contributed by atoms with van der Waals surface area (Å²) in [5.74, 6) is 0.00822. The van der Waals surface area contributed by atoms with E-state index in [2.05, 4.69) is 22.3 Å². The first kappa shape index (κ1) is 25.3. The van der Waals surface area contributed by atoms with E-state index in [1.807, 2.05) is 12.1 Å². The molecular weight excluding hydrogens is 466 g/mol. The molecule has 0 aromatic heterocycles. The van der Waals surface area contributed by atoms with Crippen LogP contribution in [0.2, 0.25) is 5.02 Å². The Labute approximate surface area is 200 Å². The highest BCUT2D eigenvalue weighted by Crippen LogP contribution is 2.31. The molecule has 8 nitrogen and oxygen atoms in total. The van der Waals surface area contributed by atoms with Crippen molar-refractivity contribution in [1.82, 2.24) is 10.2 Å². The van der Waals surface area contributed by atoms with Crippen LogP contribution in [-0.4, -0.2) is 64.9 Å². The summed E-state index contributed by atoms with van der Waals surface area (Å²) >= 11 is 6.18. The summed E-state index contributed by atoms with van der Waals surface area (Å²) in [4.78, 5) is 15.2. The van der Waals surface area contributed by atoms with Gasteiger partial charge in [0.2, 0.25) is 15.9 Å². The molecule has 180 valence electrons. The lowest BCUT2D eigenvalue weighted by molar-refractivity contribution is -0.122. The zero-order chi connectivity index (χ0) is 24.0. The minimum absolute atomic E-state index is 0.258. The molecule has 0 bridgehead atoms. The lowest BCUT2D eigenvalue weighted by Crippen LogP contribution is -2.47. The van der Waals surface area contributed by atoms with Crippen molar-refractivity contribution in [3.05, 3.63) is 58.6 Å². The van der Waals surface area contributed by atoms with E-state index in [1.54, 1.807) is 19.1 Å². The normalized spacial score (nSPS) is 15.6. The summed E-state index contributed by atoms with van der Waals surface area (Å²) in [6.45, 7) is 5.93. The number of nitrogens with zero attached hydrogens (tertiary/aromatic N) is 2. The summed E-state index contributed by atoms with van der Waals surface area (Å²) in [7, 11) is -2.27. The number of hydrogen-bond donors (Lipinski definition) is 1. The number of benzene rings is 2. The summed E-state index contributed by atoms with van der Waals surface area (Å²) in [5, 5.41) is 3.11. The van der Waals surface area contributed by atoms with Crippen molar-refractivity contribution in [3.63, 3.8) is 0 Å². The number of halogens is 1. The smallest absolute Gasteiger partial charge is 0.243 e. The SMILES string of the molecule is COc1ccc(N([C@@H](C)C(=O)NCc2cccc(CN3CCOCC3)c2)S(C)(=O)=O)cc1Cl. The Morgan fingerprint density at radius 3 is 2.55 bits per heavy atom. The number of hydrogen-bond acceptors (Lipinski definition) is 6. The van der Waals surface area contributed by atoms with Crippen molar-refractivity contribution < 1.29 is 22.7 Å². The van der Waals surface area contributed by atoms with Gasteiger partial charge in [-0.05, 0) is 36.2 Å². The number of rotatable bonds is 9. The van der Waals surface area contributed by atoms with Crippen LogP contribution >= 0.6 is 11.6 Å². The first-order valence-electron chi connectivity index (χ1n) is 10.7. The molecule has 0 saturated carbocycles. The highest BCUT2D eigenvalue weighted by atomic mass is 35.5. The topological polar surface area (TPSA) is 88.2 Å². The fourth-order valence-electron chi connectivity index (χ4n) is 3.79. The Hall–Kier alpha value is -2.33. The number of amides is 1. The molecule has 10 heteroatoms. The van der Waals surface area contributed by atoms with E-state index in [0.717, 1.165) is 54.5 Å². The van der Waals surface area contributed by atoms with Crippen molar-refractivity contribution in [3.8, 4) is 5.75 Å². The second kappa shape index (κ2) is 11.2. The van der Waals surface area contributed by atoms with Gasteiger partial charge < -0.3 is 14.8 Å². The van der Waals surface area contributed by atoms with E-state index in [1.165, 1.54) is 13.2 Å². The van der Waals surface area contributed by atoms with Crippen LogP contribution in [-0.2, 0) is 32.6 Å². The largest absolute Gasteiger partial charge is 0.495 e. The van der Waals surface area contributed by atoms with Gasteiger partial charge in [-0.15, -0.1) is 0 Å². The predicted octanol–water partition coefficient (Wildman–Crippen LogP) is 2.65. The van der Waals surface area contributed by atoms with Gasteiger partial charge in [0, 0.05) is 26.2 Å². The Bertz CT molecular complexity index is 1070. The molecule has 0 spiro atoms. The maximum atomic E-state index is 12.9. The first-order valence-corrected chi connectivity index (χ1v) is 12.9. The fraction of sp³-hybridized carbons (Fsp3) is 0.435. The van der Waals surface area contributed by atoms with Crippen molar-refractivity contribution >= 4 is 33.2 Å². The predicted molar refractivity (Wildman–Crippen MR) is 129 cm³/mol. The zero-order valence-electron chi connectivity index (χ0n) is 19.1. The average Bonchev–Trinajstić information content (AvgIpc) is 2.77. The van der Waals surface area contributed by atoms with Gasteiger partial charge in [0.1, 0.15) is 11.8 Å². The van der Waals surface area contributed by atoms with Gasteiger partial charge >= 0.3 is 0 Å². The Morgan fingerprint density at radius 2 is 1.91 bits per heavy atom. The highest BCUT2D eigenvalue weighted by Gasteiger charge is 2.29. The molecule has 1 fully saturated rings. The molecule has 3 rings (SSSR count). The minimum Gasteiger partial charge on any atom is -0.495 e. The average molecular weight is 496 g/mol. The third-order valence-corrected chi connectivity index (χ3v) is 6.98. The second-order valence-corrected chi connectivity index (χ2v) is 10.2. The maximum absolute atomic E-state index is 12.9. The molecule has 0 aliphatic carbocycles. The van der Waals surface area contributed by atoms with E-state index >= 15 is 0 Å². The van der Waals surface area contributed by atoms with Gasteiger partial charge in [-0.1, -0.05) is 35.9 Å². The van der Waals surface area contributed by atoms with Crippen LogP contribution in [0.1, 0.15) is 18.1 Å². The molecule has 1 N–H and O–H groups in total. The van der Waals surface area contributed by atoms with Gasteiger partial charge in [-0.3, -0.25) is 14.0 Å². The van der Waals surface area contributed by atoms with Crippen LogP contribution in [0.4, 0.5) is 5.69 Å². The summed E-state index contributed by atoms with van der Waals surface area (Å²) in [5.41, 5.74) is 2.39. The third-order valence-electron chi connectivity index (χ3n) is 5.45. The zero-order valence-corrected chi connectivity index (χ0v) is 20.7. The van der Waals surface area contributed by atoms with Crippen LogP contribution in [0, 0.1) is 0 Å². The lowest BCUT2D eigenvalue weighted by Gasteiger charge is -2.28. The lowest BCUT2D eigenvalue weighted by atomic mass is 10.1. The number of carbonyl (C=O) groups excluding carboxylic acids is 1. The quantitative estimate of drug-likeness (QED) is 0.575. The minimum atomic E-state index is -3.75. The number of methoxy groups -OCH3 is 1. The van der Waals surface area contributed by atoms with Gasteiger partial charge in [0.15, 0.2) is 0 Å². The number of anilines is 1. The summed E-state index contributed by atoms with van der Waals surface area (Å²) < 4.78 is 36.6. The molecule has 1 heterocycles. The number of ether oxygens (including phenoxy) is 2. The fourth-order valence-corrected chi connectivity index (χ4v) is 5.21. The van der Waals surface area contributed by atoms with Gasteiger partial charge in [0.05, 0.1) is 37.3 Å². The van der Waals surface area contributed by atoms with Crippen LogP contribution < -0.4 is 14.4 Å². The molecule has 1 atom stereocenters. The Balaban J connectivity index is 1.68. The summed E-state index contributed by atoms with van der Waals surface area (Å²) in [6, 6.07) is 11.6. The van der Waals surface area contributed by atoms with Crippen LogP contribution in [0.25, 0.3) is 0 Å². The van der Waals surface area contributed by atoms with E-state index in [9.17, 15) is 13.2 Å².